The number of aromatic amines is 2. The Morgan fingerprint density at radius 1 is 1.26 bits per heavy atom. The fourth-order valence-electron chi connectivity index (χ4n) is 6.38. The van der Waals surface area contributed by atoms with Gasteiger partial charge in [-0.3, -0.25) is 14.8 Å². The van der Waals surface area contributed by atoms with Crippen molar-refractivity contribution >= 4 is 16.9 Å². The number of aryl methyl sites for hydroxylation is 1. The zero-order valence-corrected chi connectivity index (χ0v) is 22.6. The van der Waals surface area contributed by atoms with E-state index >= 15 is 0 Å². The number of phenols is 1. The van der Waals surface area contributed by atoms with E-state index in [0.29, 0.717) is 18.4 Å². The monoisotopic (exact) mass is 531 g/mol. The van der Waals surface area contributed by atoms with Crippen LogP contribution in [0.15, 0.2) is 30.3 Å². The Labute approximate surface area is 226 Å². The Hall–Kier alpha value is -3.72. The van der Waals surface area contributed by atoms with Crippen molar-refractivity contribution in [3.63, 3.8) is 0 Å². The molecule has 4 aromatic rings. The van der Waals surface area contributed by atoms with E-state index in [2.05, 4.69) is 27.0 Å². The Kier molecular flexibility index (Phi) is 6.62. The number of fused-ring (bicyclic) bond motifs is 2. The lowest BCUT2D eigenvalue weighted by atomic mass is 9.77. The molecule has 3 N–H and O–H groups in total. The zero-order valence-electron chi connectivity index (χ0n) is 22.6. The van der Waals surface area contributed by atoms with Gasteiger partial charge in [-0.15, -0.1) is 0 Å². The largest absolute Gasteiger partial charge is 0.505 e. The molecule has 2 aromatic heterocycles. The maximum absolute atomic E-state index is 14.2. The summed E-state index contributed by atoms with van der Waals surface area (Å²) in [5.74, 6) is -0.0186. The molecule has 2 aromatic carbocycles. The molecule has 6 rings (SSSR count). The van der Waals surface area contributed by atoms with Gasteiger partial charge in [0.25, 0.3) is 0 Å². The highest BCUT2D eigenvalue weighted by Gasteiger charge is 2.37. The molecule has 0 amide bonds. The first-order valence-electron chi connectivity index (χ1n) is 13.8. The number of carbonyl (C=O) groups excluding carboxylic acids is 1. The van der Waals surface area contributed by atoms with Gasteiger partial charge in [0.2, 0.25) is 0 Å². The number of aromatic nitrogens is 4. The maximum atomic E-state index is 14.2. The van der Waals surface area contributed by atoms with Gasteiger partial charge in [0, 0.05) is 30.9 Å². The van der Waals surface area contributed by atoms with E-state index < -0.39 is 5.82 Å². The summed E-state index contributed by atoms with van der Waals surface area (Å²) in [5.41, 5.74) is 6.24. The highest BCUT2D eigenvalue weighted by atomic mass is 19.1. The molecule has 9 heteroatoms. The Morgan fingerprint density at radius 2 is 2.10 bits per heavy atom. The molecule has 1 saturated carbocycles. The minimum atomic E-state index is -0.633. The summed E-state index contributed by atoms with van der Waals surface area (Å²) in [6.07, 6.45) is 4.47. The summed E-state index contributed by atoms with van der Waals surface area (Å²) in [5, 5.41) is 18.4. The summed E-state index contributed by atoms with van der Waals surface area (Å²) in [6, 6.07) is 9.14. The lowest BCUT2D eigenvalue weighted by Gasteiger charge is -2.40. The topological polar surface area (TPSA) is 107 Å². The zero-order chi connectivity index (χ0) is 27.3. The van der Waals surface area contributed by atoms with Crippen molar-refractivity contribution in [1.29, 1.82) is 0 Å². The van der Waals surface area contributed by atoms with Crippen LogP contribution in [-0.4, -0.2) is 55.8 Å². The minimum absolute atomic E-state index is 0.0424. The molecule has 0 saturated heterocycles. The van der Waals surface area contributed by atoms with Crippen molar-refractivity contribution in [1.82, 2.24) is 25.1 Å². The van der Waals surface area contributed by atoms with Crippen molar-refractivity contribution in [2.75, 3.05) is 13.7 Å². The predicted molar refractivity (Wildman–Crippen MR) is 147 cm³/mol. The highest BCUT2D eigenvalue weighted by Crippen LogP contribution is 2.37. The van der Waals surface area contributed by atoms with Crippen molar-refractivity contribution in [3.05, 3.63) is 53.1 Å². The van der Waals surface area contributed by atoms with E-state index in [0.717, 1.165) is 89.3 Å². The van der Waals surface area contributed by atoms with Gasteiger partial charge < -0.3 is 14.8 Å². The number of phenolic OH excluding ortho intramolecular Hbond substituents is 1. The number of methoxy groups -OCH3 is 1. The molecule has 0 bridgehead atoms. The first kappa shape index (κ1) is 25.6. The Balaban J connectivity index is 1.24. The molecule has 204 valence electrons. The Morgan fingerprint density at radius 3 is 2.90 bits per heavy atom. The Bertz CT molecular complexity index is 1540. The van der Waals surface area contributed by atoms with Gasteiger partial charge in [0.15, 0.2) is 17.4 Å². The van der Waals surface area contributed by atoms with Crippen LogP contribution in [0.2, 0.25) is 0 Å². The number of esters is 1. The fourth-order valence-corrected chi connectivity index (χ4v) is 6.38. The molecule has 0 spiro atoms. The van der Waals surface area contributed by atoms with E-state index in [1.54, 1.807) is 0 Å². The van der Waals surface area contributed by atoms with Crippen molar-refractivity contribution in [2.24, 2.45) is 11.8 Å². The molecule has 8 nitrogen and oxygen atoms in total. The number of H-pyrrole nitrogens is 2. The molecule has 1 aliphatic heterocycles. The molecule has 3 unspecified atom stereocenters. The average molecular weight is 532 g/mol. The van der Waals surface area contributed by atoms with E-state index in [-0.39, 0.29) is 17.6 Å². The third-order valence-electron chi connectivity index (χ3n) is 8.70. The van der Waals surface area contributed by atoms with Crippen molar-refractivity contribution in [2.45, 2.75) is 58.5 Å². The predicted octanol–water partition coefficient (Wildman–Crippen LogP) is 5.36. The number of carbonyl (C=O) groups is 1. The van der Waals surface area contributed by atoms with Gasteiger partial charge in [-0.25, -0.2) is 9.37 Å². The molecular formula is C30H34FN5O3. The van der Waals surface area contributed by atoms with Crippen LogP contribution < -0.4 is 0 Å². The van der Waals surface area contributed by atoms with E-state index in [1.165, 1.54) is 19.2 Å². The number of aromatic hydroxyl groups is 1. The van der Waals surface area contributed by atoms with E-state index in [1.807, 2.05) is 25.1 Å². The van der Waals surface area contributed by atoms with E-state index in [9.17, 15) is 14.3 Å². The van der Waals surface area contributed by atoms with Gasteiger partial charge in [-0.2, -0.15) is 5.10 Å². The standard InChI is InChI=1S/C30H34FN5O3/c1-4-17-12-27(37)23(31)14-22(17)18-6-8-20-25(11-18)34-35-28(20)29-32-24-9-10-36(15-26(24)33-29)19-7-5-16(2)21(13-19)30(38)39-3/h6,8,11-12,14,16,19,21,37H,4-5,7,9-10,13,15H2,1-3H3,(H,32,33)(H,34,35). The van der Waals surface area contributed by atoms with Crippen LogP contribution in [0.3, 0.4) is 0 Å². The second-order valence-electron chi connectivity index (χ2n) is 11.0. The van der Waals surface area contributed by atoms with E-state index in [4.69, 9.17) is 9.72 Å². The smallest absolute Gasteiger partial charge is 0.308 e. The molecule has 2 aliphatic rings. The summed E-state index contributed by atoms with van der Waals surface area (Å²) in [6.45, 7) is 5.82. The van der Waals surface area contributed by atoms with Crippen molar-refractivity contribution < 1.29 is 19.0 Å². The average Bonchev–Trinajstić information content (AvgIpc) is 3.57. The first-order valence-corrected chi connectivity index (χ1v) is 13.8. The second kappa shape index (κ2) is 10.1. The summed E-state index contributed by atoms with van der Waals surface area (Å²) in [7, 11) is 1.48. The molecule has 0 radical (unpaired) electrons. The van der Waals surface area contributed by atoms with Crippen molar-refractivity contribution in [3.8, 4) is 28.4 Å². The fraction of sp³-hybridized carbons (Fsp3) is 0.433. The third-order valence-corrected chi connectivity index (χ3v) is 8.70. The lowest BCUT2D eigenvalue weighted by molar-refractivity contribution is -0.149. The van der Waals surface area contributed by atoms with Crippen LogP contribution in [0.4, 0.5) is 4.39 Å². The van der Waals surface area contributed by atoms with Gasteiger partial charge in [-0.1, -0.05) is 19.9 Å². The van der Waals surface area contributed by atoms with Crippen LogP contribution in [0.1, 0.15) is 50.1 Å². The summed E-state index contributed by atoms with van der Waals surface area (Å²) in [4.78, 5) is 23.2. The number of rotatable bonds is 5. The van der Waals surface area contributed by atoms with Gasteiger partial charge in [-0.05, 0) is 72.6 Å². The van der Waals surface area contributed by atoms with Gasteiger partial charge >= 0.3 is 5.97 Å². The van der Waals surface area contributed by atoms with Crippen LogP contribution in [-0.2, 0) is 28.9 Å². The lowest BCUT2D eigenvalue weighted by Crippen LogP contribution is -2.45. The summed E-state index contributed by atoms with van der Waals surface area (Å²) >= 11 is 0. The second-order valence-corrected chi connectivity index (χ2v) is 11.0. The molecule has 3 atom stereocenters. The van der Waals surface area contributed by atoms with Gasteiger partial charge in [0.1, 0.15) is 5.69 Å². The SMILES string of the molecule is CCc1cc(O)c(F)cc1-c1ccc2c(-c3nc4c([nH]3)CN(C3CCC(C)C(C(=O)OC)C3)CC4)n[nH]c2c1. The number of imidazole rings is 1. The molecule has 39 heavy (non-hydrogen) atoms. The molecule has 3 heterocycles. The normalized spacial score (nSPS) is 21.7. The molecular weight excluding hydrogens is 497 g/mol. The number of hydrogen-bond acceptors (Lipinski definition) is 6. The van der Waals surface area contributed by atoms with Crippen LogP contribution >= 0.6 is 0 Å². The maximum Gasteiger partial charge on any atom is 0.308 e. The van der Waals surface area contributed by atoms with Crippen LogP contribution in [0.5, 0.6) is 5.75 Å². The van der Waals surface area contributed by atoms with Gasteiger partial charge in [0.05, 0.1) is 29.9 Å². The number of hydrogen-bond donors (Lipinski definition) is 3. The number of benzene rings is 2. The summed E-state index contributed by atoms with van der Waals surface area (Å²) < 4.78 is 19.2. The number of ether oxygens (including phenoxy) is 1. The molecule has 1 aliphatic carbocycles. The quantitative estimate of drug-likeness (QED) is 0.299. The minimum Gasteiger partial charge on any atom is -0.505 e. The number of nitrogens with zero attached hydrogens (tertiary/aromatic N) is 3. The van der Waals surface area contributed by atoms with Crippen LogP contribution in [0.25, 0.3) is 33.5 Å². The first-order chi connectivity index (χ1) is 18.9. The molecule has 1 fully saturated rings. The number of halogens is 1. The third kappa shape index (κ3) is 4.58. The van der Waals surface area contributed by atoms with Crippen LogP contribution in [0, 0.1) is 17.7 Å². The number of nitrogens with one attached hydrogen (secondary N) is 2. The highest BCUT2D eigenvalue weighted by molar-refractivity contribution is 5.94.